The topological polar surface area (TPSA) is 95.1 Å². The summed E-state index contributed by atoms with van der Waals surface area (Å²) in [5.41, 5.74) is 2.75. The first-order valence-electron chi connectivity index (χ1n) is 8.97. The number of carbonyl (C=O) groups is 2. The molecule has 6 heteroatoms. The summed E-state index contributed by atoms with van der Waals surface area (Å²) in [4.78, 5) is 31.7. The Morgan fingerprint density at radius 2 is 1.86 bits per heavy atom. The van der Waals surface area contributed by atoms with E-state index in [1.54, 1.807) is 18.2 Å². The normalized spacial score (nSPS) is 12.2. The highest BCUT2D eigenvalue weighted by Gasteiger charge is 2.21. The first-order valence-corrected chi connectivity index (χ1v) is 8.97. The molecule has 0 aliphatic carbocycles. The van der Waals surface area contributed by atoms with Gasteiger partial charge in [-0.2, -0.15) is 0 Å². The van der Waals surface area contributed by atoms with Crippen LogP contribution in [0.15, 0.2) is 60.7 Å². The third-order valence-electron chi connectivity index (χ3n) is 4.72. The van der Waals surface area contributed by atoms with E-state index in [4.69, 9.17) is 0 Å². The summed E-state index contributed by atoms with van der Waals surface area (Å²) in [5, 5.41) is 14.3. The van der Waals surface area contributed by atoms with Gasteiger partial charge in [0.1, 0.15) is 11.9 Å². The van der Waals surface area contributed by atoms with Crippen molar-refractivity contribution in [3.05, 3.63) is 77.6 Å². The monoisotopic (exact) mass is 373 g/mol. The summed E-state index contributed by atoms with van der Waals surface area (Å²) in [6, 6.07) is 17.7. The number of aryl methyl sites for hydroxylation is 1. The van der Waals surface area contributed by atoms with E-state index in [0.717, 1.165) is 33.2 Å². The second-order valence-corrected chi connectivity index (χ2v) is 6.80. The molecule has 1 amide bonds. The molecule has 28 heavy (non-hydrogen) atoms. The number of H-pyrrole nitrogens is 1. The summed E-state index contributed by atoms with van der Waals surface area (Å²) in [6.07, 6.45) is 0.206. The number of hydrogen-bond acceptors (Lipinski definition) is 3. The lowest BCUT2D eigenvalue weighted by Crippen LogP contribution is -2.42. The zero-order valence-corrected chi connectivity index (χ0v) is 15.3. The van der Waals surface area contributed by atoms with Crippen molar-refractivity contribution in [2.75, 3.05) is 0 Å². The summed E-state index contributed by atoms with van der Waals surface area (Å²) < 4.78 is 0. The maximum atomic E-state index is 12.6. The lowest BCUT2D eigenvalue weighted by atomic mass is 10.0. The highest BCUT2D eigenvalue weighted by atomic mass is 16.4. The molecule has 0 saturated heterocycles. The van der Waals surface area contributed by atoms with Crippen LogP contribution in [0, 0.1) is 6.92 Å². The van der Waals surface area contributed by atoms with Crippen molar-refractivity contribution < 1.29 is 14.7 Å². The van der Waals surface area contributed by atoms with Gasteiger partial charge in [0.25, 0.3) is 5.91 Å². The Bertz CT molecular complexity index is 1200. The SMILES string of the molecule is Cc1nc2ccc(C(=O)NC(Cc3ccc4ccccc4c3)C(=O)O)cc2[nH]1. The van der Waals surface area contributed by atoms with Gasteiger partial charge in [0.15, 0.2) is 0 Å². The first-order chi connectivity index (χ1) is 13.5. The van der Waals surface area contributed by atoms with Gasteiger partial charge in [-0.3, -0.25) is 4.79 Å². The van der Waals surface area contributed by atoms with E-state index in [2.05, 4.69) is 15.3 Å². The molecule has 1 aromatic heterocycles. The molecular formula is C22H19N3O3. The Morgan fingerprint density at radius 3 is 2.64 bits per heavy atom. The third-order valence-corrected chi connectivity index (χ3v) is 4.72. The van der Waals surface area contributed by atoms with Crippen molar-refractivity contribution in [1.29, 1.82) is 0 Å². The van der Waals surface area contributed by atoms with Crippen molar-refractivity contribution in [3.8, 4) is 0 Å². The van der Waals surface area contributed by atoms with Crippen LogP contribution < -0.4 is 5.32 Å². The molecular weight excluding hydrogens is 354 g/mol. The lowest BCUT2D eigenvalue weighted by Gasteiger charge is -2.15. The standard InChI is InChI=1S/C22H19N3O3/c1-13-23-18-9-8-17(12-19(18)24-13)21(26)25-20(22(27)28)11-14-6-7-15-4-2-3-5-16(15)10-14/h2-10,12,20H,11H2,1H3,(H,23,24)(H,25,26)(H,27,28). The van der Waals surface area contributed by atoms with Crippen LogP contribution in [0.1, 0.15) is 21.7 Å². The fourth-order valence-electron chi connectivity index (χ4n) is 3.32. The number of benzene rings is 3. The van der Waals surface area contributed by atoms with Gasteiger partial charge in [0, 0.05) is 12.0 Å². The average molecular weight is 373 g/mol. The maximum absolute atomic E-state index is 12.6. The molecule has 0 spiro atoms. The molecule has 140 valence electrons. The van der Waals surface area contributed by atoms with Crippen LogP contribution in [0.5, 0.6) is 0 Å². The van der Waals surface area contributed by atoms with Gasteiger partial charge in [-0.1, -0.05) is 42.5 Å². The molecule has 0 saturated carbocycles. The minimum Gasteiger partial charge on any atom is -0.480 e. The molecule has 3 N–H and O–H groups in total. The van der Waals surface area contributed by atoms with Gasteiger partial charge >= 0.3 is 5.97 Å². The minimum atomic E-state index is -1.07. The van der Waals surface area contributed by atoms with Gasteiger partial charge < -0.3 is 15.4 Å². The van der Waals surface area contributed by atoms with Gasteiger partial charge in [-0.05, 0) is 41.5 Å². The van der Waals surface area contributed by atoms with E-state index >= 15 is 0 Å². The van der Waals surface area contributed by atoms with E-state index in [1.807, 2.05) is 49.4 Å². The van der Waals surface area contributed by atoms with Crippen LogP contribution in [0.4, 0.5) is 0 Å². The van der Waals surface area contributed by atoms with Crippen molar-refractivity contribution in [1.82, 2.24) is 15.3 Å². The molecule has 0 aliphatic rings. The van der Waals surface area contributed by atoms with E-state index in [1.165, 1.54) is 0 Å². The zero-order valence-electron chi connectivity index (χ0n) is 15.3. The number of imidazole rings is 1. The zero-order chi connectivity index (χ0) is 19.7. The number of carboxylic acid groups (broad SMARTS) is 1. The van der Waals surface area contributed by atoms with Crippen LogP contribution in [0.2, 0.25) is 0 Å². The number of nitrogens with one attached hydrogen (secondary N) is 2. The number of hydrogen-bond donors (Lipinski definition) is 3. The summed E-state index contributed by atoms with van der Waals surface area (Å²) in [7, 11) is 0. The second-order valence-electron chi connectivity index (χ2n) is 6.80. The van der Waals surface area contributed by atoms with E-state index < -0.39 is 17.9 Å². The number of aromatic amines is 1. The number of amides is 1. The highest BCUT2D eigenvalue weighted by molar-refractivity contribution is 5.99. The van der Waals surface area contributed by atoms with E-state index in [9.17, 15) is 14.7 Å². The molecule has 3 aromatic carbocycles. The Kier molecular flexibility index (Phi) is 4.53. The van der Waals surface area contributed by atoms with Crippen LogP contribution >= 0.6 is 0 Å². The van der Waals surface area contributed by atoms with Gasteiger partial charge in [-0.15, -0.1) is 0 Å². The molecule has 0 fully saturated rings. The molecule has 0 bridgehead atoms. The molecule has 6 nitrogen and oxygen atoms in total. The van der Waals surface area contributed by atoms with Crippen molar-refractivity contribution in [3.63, 3.8) is 0 Å². The van der Waals surface area contributed by atoms with Crippen molar-refractivity contribution in [2.45, 2.75) is 19.4 Å². The molecule has 0 radical (unpaired) electrons. The third kappa shape index (κ3) is 3.57. The minimum absolute atomic E-state index is 0.206. The number of aliphatic carboxylic acids is 1. The number of carbonyl (C=O) groups excluding carboxylic acids is 1. The smallest absolute Gasteiger partial charge is 0.326 e. The summed E-state index contributed by atoms with van der Waals surface area (Å²) in [5.74, 6) is -0.741. The Labute approximate surface area is 161 Å². The second kappa shape index (κ2) is 7.15. The van der Waals surface area contributed by atoms with Gasteiger partial charge in [0.05, 0.1) is 11.0 Å². The number of nitrogens with zero attached hydrogens (tertiary/aromatic N) is 1. The van der Waals surface area contributed by atoms with Gasteiger partial charge in [0.2, 0.25) is 0 Å². The van der Waals surface area contributed by atoms with Gasteiger partial charge in [-0.25, -0.2) is 9.78 Å². The molecule has 1 heterocycles. The number of carboxylic acids is 1. The quantitative estimate of drug-likeness (QED) is 0.499. The number of rotatable bonds is 5. The highest BCUT2D eigenvalue weighted by Crippen LogP contribution is 2.17. The predicted molar refractivity (Wildman–Crippen MR) is 107 cm³/mol. The van der Waals surface area contributed by atoms with E-state index in [-0.39, 0.29) is 6.42 Å². The summed E-state index contributed by atoms with van der Waals surface area (Å²) >= 11 is 0. The Morgan fingerprint density at radius 1 is 1.07 bits per heavy atom. The molecule has 4 aromatic rings. The van der Waals surface area contributed by atoms with Crippen LogP contribution in [-0.2, 0) is 11.2 Å². The largest absolute Gasteiger partial charge is 0.480 e. The molecule has 1 atom stereocenters. The van der Waals surface area contributed by atoms with Crippen LogP contribution in [0.3, 0.4) is 0 Å². The molecule has 0 aliphatic heterocycles. The maximum Gasteiger partial charge on any atom is 0.326 e. The fraction of sp³-hybridized carbons (Fsp3) is 0.136. The van der Waals surface area contributed by atoms with E-state index in [0.29, 0.717) is 5.56 Å². The number of fused-ring (bicyclic) bond motifs is 2. The van der Waals surface area contributed by atoms with Crippen molar-refractivity contribution in [2.24, 2.45) is 0 Å². The molecule has 4 rings (SSSR count). The lowest BCUT2D eigenvalue weighted by molar-refractivity contribution is -0.139. The van der Waals surface area contributed by atoms with Crippen molar-refractivity contribution >= 4 is 33.7 Å². The molecule has 1 unspecified atom stereocenters. The first kappa shape index (κ1) is 17.7. The fourth-order valence-corrected chi connectivity index (χ4v) is 3.32. The Hall–Kier alpha value is -3.67. The number of aromatic nitrogens is 2. The Balaban J connectivity index is 1.54. The predicted octanol–water partition coefficient (Wildman–Crippen LogP) is 3.45. The van der Waals surface area contributed by atoms with Crippen LogP contribution in [-0.4, -0.2) is 33.0 Å². The summed E-state index contributed by atoms with van der Waals surface area (Å²) in [6.45, 7) is 1.84. The van der Waals surface area contributed by atoms with Crippen LogP contribution in [0.25, 0.3) is 21.8 Å². The average Bonchev–Trinajstić information content (AvgIpc) is 3.06.